The first kappa shape index (κ1) is 22.7. The summed E-state index contributed by atoms with van der Waals surface area (Å²) in [6.45, 7) is 1.02. The highest BCUT2D eigenvalue weighted by Crippen LogP contribution is 2.33. The average molecular weight is 436 g/mol. The normalized spacial score (nSPS) is 12.6. The van der Waals surface area contributed by atoms with Crippen molar-refractivity contribution in [3.63, 3.8) is 0 Å². The van der Waals surface area contributed by atoms with Crippen molar-refractivity contribution in [1.82, 2.24) is 5.32 Å². The van der Waals surface area contributed by atoms with Crippen molar-refractivity contribution < 1.29 is 8.42 Å². The van der Waals surface area contributed by atoms with Gasteiger partial charge in [-0.05, 0) is 84.9 Å². The molecule has 0 aromatic heterocycles. The Morgan fingerprint density at radius 2 is 1.39 bits per heavy atom. The molecule has 0 bridgehead atoms. The lowest BCUT2D eigenvalue weighted by Crippen LogP contribution is -2.11. The maximum absolute atomic E-state index is 10.7. The maximum atomic E-state index is 10.7. The van der Waals surface area contributed by atoms with E-state index in [1.165, 1.54) is 52.1 Å². The van der Waals surface area contributed by atoms with Crippen LogP contribution in [-0.2, 0) is 22.9 Å². The second-order valence-electron chi connectivity index (χ2n) is 7.44. The topological polar surface area (TPSA) is 98.2 Å². The molecule has 5 nitrogen and oxygen atoms in total. The minimum absolute atomic E-state index is 0.0756. The number of fused-ring (bicyclic) bond motifs is 2. The summed E-state index contributed by atoms with van der Waals surface area (Å²) in [5, 5.41) is 8.06. The molecule has 5 N–H and O–H groups in total. The van der Waals surface area contributed by atoms with E-state index in [-0.39, 0.29) is 4.90 Å². The van der Waals surface area contributed by atoms with Crippen LogP contribution in [0.25, 0.3) is 5.57 Å². The molecule has 0 saturated carbocycles. The third-order valence-electron chi connectivity index (χ3n) is 5.23. The van der Waals surface area contributed by atoms with E-state index in [1.807, 2.05) is 7.05 Å². The van der Waals surface area contributed by atoms with Gasteiger partial charge in [-0.15, -0.1) is 0 Å². The zero-order valence-electron chi connectivity index (χ0n) is 17.7. The van der Waals surface area contributed by atoms with Crippen LogP contribution < -0.4 is 16.2 Å². The second-order valence-corrected chi connectivity index (χ2v) is 9.00. The van der Waals surface area contributed by atoms with Crippen molar-refractivity contribution in [3.05, 3.63) is 101 Å². The number of sulfonamides is 1. The van der Waals surface area contributed by atoms with E-state index >= 15 is 0 Å². The molecule has 3 aromatic rings. The van der Waals surface area contributed by atoms with Gasteiger partial charge in [-0.25, -0.2) is 13.6 Å². The van der Waals surface area contributed by atoms with Gasteiger partial charge in [-0.1, -0.05) is 54.6 Å². The van der Waals surface area contributed by atoms with E-state index < -0.39 is 10.0 Å². The summed E-state index contributed by atoms with van der Waals surface area (Å²) in [6.07, 6.45) is 5.72. The lowest BCUT2D eigenvalue weighted by atomic mass is 9.93. The Labute approximate surface area is 184 Å². The summed E-state index contributed by atoms with van der Waals surface area (Å²) >= 11 is 0. The molecule has 0 amide bonds. The molecule has 31 heavy (non-hydrogen) atoms. The molecule has 3 aromatic carbocycles. The quantitative estimate of drug-likeness (QED) is 0.429. The Balaban J connectivity index is 0.000000210. The van der Waals surface area contributed by atoms with Gasteiger partial charge >= 0.3 is 0 Å². The number of benzene rings is 3. The van der Waals surface area contributed by atoms with Crippen LogP contribution in [0, 0.1) is 0 Å². The zero-order chi connectivity index (χ0) is 22.3. The molecule has 0 atom stereocenters. The summed E-state index contributed by atoms with van der Waals surface area (Å²) < 4.78 is 21.4. The van der Waals surface area contributed by atoms with Gasteiger partial charge in [0.1, 0.15) is 0 Å². The van der Waals surface area contributed by atoms with Gasteiger partial charge in [-0.2, -0.15) is 0 Å². The Kier molecular flexibility index (Phi) is 7.63. The third-order valence-corrected chi connectivity index (χ3v) is 6.16. The monoisotopic (exact) mass is 435 g/mol. The molecule has 0 unspecified atom stereocenters. The van der Waals surface area contributed by atoms with Crippen LogP contribution >= 0.6 is 0 Å². The Hall–Kier alpha value is -2.93. The van der Waals surface area contributed by atoms with Crippen LogP contribution in [0.5, 0.6) is 0 Å². The smallest absolute Gasteiger partial charge is 0.238 e. The fourth-order valence-electron chi connectivity index (χ4n) is 3.65. The summed E-state index contributed by atoms with van der Waals surface area (Å²) in [4.78, 5) is 0.0756. The van der Waals surface area contributed by atoms with Crippen LogP contribution in [-0.4, -0.2) is 22.0 Å². The first-order valence-electron chi connectivity index (χ1n) is 10.3. The highest BCUT2D eigenvalue weighted by molar-refractivity contribution is 7.89. The zero-order valence-corrected chi connectivity index (χ0v) is 18.5. The number of hydrogen-bond acceptors (Lipinski definition) is 4. The molecule has 0 aliphatic heterocycles. The molecular weight excluding hydrogens is 406 g/mol. The molecule has 0 spiro atoms. The number of nitrogen functional groups attached to an aromatic ring is 1. The molecule has 1 aliphatic rings. The van der Waals surface area contributed by atoms with Gasteiger partial charge in [-0.3, -0.25) is 0 Å². The van der Waals surface area contributed by atoms with Crippen LogP contribution in [0.4, 0.5) is 5.69 Å². The van der Waals surface area contributed by atoms with Crippen LogP contribution in [0.3, 0.4) is 0 Å². The molecule has 0 radical (unpaired) electrons. The molecule has 6 heteroatoms. The molecule has 0 fully saturated rings. The predicted octanol–water partition coefficient (Wildman–Crippen LogP) is 3.74. The van der Waals surface area contributed by atoms with Gasteiger partial charge in [0.2, 0.25) is 10.0 Å². The van der Waals surface area contributed by atoms with E-state index in [4.69, 9.17) is 10.9 Å². The van der Waals surface area contributed by atoms with E-state index in [0.717, 1.165) is 25.8 Å². The van der Waals surface area contributed by atoms with E-state index in [0.29, 0.717) is 5.69 Å². The standard InChI is InChI=1S/C19H21N.C6H8N2O2S/c1-20-14-6-11-19-17-9-4-2-7-15(17)12-13-16-8-3-5-10-18(16)19;7-5-1-3-6(4-2-5)11(8,9)10/h2-5,7-11,20H,6,12-14H2,1H3;1-4H,7H2,(H2,8,9,10). The first-order valence-corrected chi connectivity index (χ1v) is 11.8. The summed E-state index contributed by atoms with van der Waals surface area (Å²) in [5.41, 5.74) is 13.0. The van der Waals surface area contributed by atoms with Gasteiger partial charge in [0, 0.05) is 5.69 Å². The largest absolute Gasteiger partial charge is 0.399 e. The van der Waals surface area contributed by atoms with E-state index in [2.05, 4.69) is 59.9 Å². The van der Waals surface area contributed by atoms with Crippen LogP contribution in [0.1, 0.15) is 28.7 Å². The van der Waals surface area contributed by atoms with Crippen molar-refractivity contribution in [2.75, 3.05) is 19.3 Å². The second kappa shape index (κ2) is 10.4. The fourth-order valence-corrected chi connectivity index (χ4v) is 4.17. The predicted molar refractivity (Wildman–Crippen MR) is 128 cm³/mol. The van der Waals surface area contributed by atoms with Gasteiger partial charge in [0.15, 0.2) is 0 Å². The number of anilines is 1. The molecule has 0 heterocycles. The van der Waals surface area contributed by atoms with E-state index in [9.17, 15) is 8.42 Å². The average Bonchev–Trinajstić information content (AvgIpc) is 2.91. The Morgan fingerprint density at radius 1 is 0.871 bits per heavy atom. The van der Waals surface area contributed by atoms with Gasteiger partial charge < -0.3 is 11.1 Å². The lowest BCUT2D eigenvalue weighted by Gasteiger charge is -2.12. The number of nitrogens with two attached hydrogens (primary N) is 2. The highest BCUT2D eigenvalue weighted by Gasteiger charge is 2.16. The molecule has 0 saturated heterocycles. The number of nitrogens with one attached hydrogen (secondary N) is 1. The van der Waals surface area contributed by atoms with Gasteiger partial charge in [0.25, 0.3) is 0 Å². The minimum Gasteiger partial charge on any atom is -0.399 e. The maximum Gasteiger partial charge on any atom is 0.238 e. The Bertz CT molecular complexity index is 1100. The van der Waals surface area contributed by atoms with Crippen molar-refractivity contribution in [2.45, 2.75) is 24.2 Å². The van der Waals surface area contributed by atoms with Crippen LogP contribution in [0.15, 0.2) is 83.8 Å². The van der Waals surface area contributed by atoms with Crippen molar-refractivity contribution in [1.29, 1.82) is 0 Å². The first-order chi connectivity index (χ1) is 14.9. The molecule has 4 rings (SSSR count). The molecular formula is C25H29N3O2S. The van der Waals surface area contributed by atoms with Crippen LogP contribution in [0.2, 0.25) is 0 Å². The summed E-state index contributed by atoms with van der Waals surface area (Å²) in [6, 6.07) is 23.4. The van der Waals surface area contributed by atoms with Crippen molar-refractivity contribution >= 4 is 21.3 Å². The number of primary sulfonamides is 1. The number of aryl methyl sites for hydroxylation is 2. The van der Waals surface area contributed by atoms with Crippen molar-refractivity contribution in [2.24, 2.45) is 5.14 Å². The van der Waals surface area contributed by atoms with Gasteiger partial charge in [0.05, 0.1) is 4.90 Å². The summed E-state index contributed by atoms with van der Waals surface area (Å²) in [5.74, 6) is 0. The van der Waals surface area contributed by atoms with Crippen molar-refractivity contribution in [3.8, 4) is 0 Å². The van der Waals surface area contributed by atoms with E-state index in [1.54, 1.807) is 0 Å². The summed E-state index contributed by atoms with van der Waals surface area (Å²) in [7, 11) is -1.57. The molecule has 1 aliphatic carbocycles. The lowest BCUT2D eigenvalue weighted by molar-refractivity contribution is 0.598. The number of hydrogen-bond donors (Lipinski definition) is 3. The molecule has 162 valence electrons. The Morgan fingerprint density at radius 3 is 1.87 bits per heavy atom. The highest BCUT2D eigenvalue weighted by atomic mass is 32.2. The minimum atomic E-state index is -3.58. The number of rotatable bonds is 4. The third kappa shape index (κ3) is 6.04. The SMILES string of the molecule is CNCCC=C1c2ccccc2CCc2ccccc21.Nc1ccc(S(N)(=O)=O)cc1. The fraction of sp³-hybridized carbons (Fsp3) is 0.200.